The van der Waals surface area contributed by atoms with Crippen molar-refractivity contribution in [1.82, 2.24) is 0 Å². The fourth-order valence-electron chi connectivity index (χ4n) is 1.88. The normalized spacial score (nSPS) is 11.4. The Morgan fingerprint density at radius 3 is 2.32 bits per heavy atom. The molecule has 0 fully saturated rings. The number of nitrogens with zero attached hydrogens (tertiary/aromatic N) is 2. The summed E-state index contributed by atoms with van der Waals surface area (Å²) in [5, 5.41) is 18.8. The third kappa shape index (κ3) is 2.57. The number of hydrogen-bond acceptors (Lipinski definition) is 2. The van der Waals surface area contributed by atoms with Crippen molar-refractivity contribution < 1.29 is 4.39 Å². The highest BCUT2D eigenvalue weighted by Crippen LogP contribution is 2.30. The van der Waals surface area contributed by atoms with E-state index in [-0.39, 0.29) is 11.4 Å². The van der Waals surface area contributed by atoms with Crippen LogP contribution in [0.5, 0.6) is 0 Å². The van der Waals surface area contributed by atoms with Gasteiger partial charge in [0.1, 0.15) is 11.9 Å². The van der Waals surface area contributed by atoms with Gasteiger partial charge in [-0.2, -0.15) is 10.5 Å². The van der Waals surface area contributed by atoms with Crippen LogP contribution in [0.3, 0.4) is 0 Å². The minimum atomic E-state index is -0.644. The third-order valence-electron chi connectivity index (χ3n) is 2.80. The Hall–Kier alpha value is -2.36. The van der Waals surface area contributed by atoms with Gasteiger partial charge in [-0.05, 0) is 29.3 Å². The molecule has 0 unspecified atom stereocenters. The van der Waals surface area contributed by atoms with Gasteiger partial charge in [-0.1, -0.05) is 35.9 Å². The van der Waals surface area contributed by atoms with E-state index in [2.05, 4.69) is 6.07 Å². The van der Waals surface area contributed by atoms with Crippen molar-refractivity contribution >= 4 is 11.6 Å². The minimum Gasteiger partial charge on any atom is -0.207 e. The summed E-state index contributed by atoms with van der Waals surface area (Å²) in [6.07, 6.45) is 0. The summed E-state index contributed by atoms with van der Waals surface area (Å²) in [6.45, 7) is 0. The molecular formula is C15H8ClFN2. The second-order valence-electron chi connectivity index (χ2n) is 3.93. The van der Waals surface area contributed by atoms with Crippen LogP contribution in [0.25, 0.3) is 0 Å². The van der Waals surface area contributed by atoms with E-state index in [0.29, 0.717) is 16.1 Å². The van der Waals surface area contributed by atoms with Crippen molar-refractivity contribution in [3.8, 4) is 12.1 Å². The monoisotopic (exact) mass is 270 g/mol. The van der Waals surface area contributed by atoms with E-state index < -0.39 is 5.92 Å². The van der Waals surface area contributed by atoms with Gasteiger partial charge in [0.15, 0.2) is 0 Å². The summed E-state index contributed by atoms with van der Waals surface area (Å²) in [5.41, 5.74) is 1.44. The Bertz CT molecular complexity index is 681. The van der Waals surface area contributed by atoms with Gasteiger partial charge in [-0.25, -0.2) is 4.39 Å². The molecular weight excluding hydrogens is 263 g/mol. The smallest absolute Gasteiger partial charge is 0.123 e. The molecule has 0 spiro atoms. The summed E-state index contributed by atoms with van der Waals surface area (Å²) in [6, 6.07) is 14.7. The van der Waals surface area contributed by atoms with Crippen LogP contribution in [-0.2, 0) is 0 Å². The lowest BCUT2D eigenvalue weighted by Crippen LogP contribution is -2.01. The molecule has 0 aliphatic heterocycles. The molecule has 2 nitrogen and oxygen atoms in total. The maximum atomic E-state index is 12.9. The molecule has 0 saturated heterocycles. The Morgan fingerprint density at radius 2 is 1.74 bits per heavy atom. The molecule has 2 rings (SSSR count). The first kappa shape index (κ1) is 13.1. The highest BCUT2D eigenvalue weighted by atomic mass is 35.5. The van der Waals surface area contributed by atoms with E-state index in [1.165, 1.54) is 24.3 Å². The van der Waals surface area contributed by atoms with Crippen molar-refractivity contribution in [1.29, 1.82) is 10.5 Å². The maximum absolute atomic E-state index is 12.9. The SMILES string of the molecule is N#Cc1c(Cl)cccc1[C@@H](C#N)c1ccc(F)cc1. The molecule has 0 aromatic heterocycles. The topological polar surface area (TPSA) is 47.6 Å². The van der Waals surface area contributed by atoms with E-state index in [1.807, 2.05) is 6.07 Å². The molecule has 4 heteroatoms. The molecule has 2 aromatic carbocycles. The first-order valence-corrected chi connectivity index (χ1v) is 5.88. The summed E-state index contributed by atoms with van der Waals surface area (Å²) in [5.74, 6) is -1.01. The first-order valence-electron chi connectivity index (χ1n) is 5.51. The van der Waals surface area contributed by atoms with Gasteiger partial charge < -0.3 is 0 Å². The Balaban J connectivity index is 2.56. The Kier molecular flexibility index (Phi) is 3.80. The highest BCUT2D eigenvalue weighted by molar-refractivity contribution is 6.31. The van der Waals surface area contributed by atoms with Crippen LogP contribution in [0, 0.1) is 28.5 Å². The molecule has 0 N–H and O–H groups in total. The maximum Gasteiger partial charge on any atom is 0.123 e. The van der Waals surface area contributed by atoms with Gasteiger partial charge in [0, 0.05) is 0 Å². The second kappa shape index (κ2) is 5.52. The Morgan fingerprint density at radius 1 is 1.05 bits per heavy atom. The predicted molar refractivity (Wildman–Crippen MR) is 70.0 cm³/mol. The molecule has 0 bridgehead atoms. The molecule has 0 aliphatic carbocycles. The molecule has 92 valence electrons. The first-order chi connectivity index (χ1) is 9.17. The molecule has 0 saturated carbocycles. The fourth-order valence-corrected chi connectivity index (χ4v) is 2.10. The van der Waals surface area contributed by atoms with Crippen molar-refractivity contribution in [2.75, 3.05) is 0 Å². The molecule has 19 heavy (non-hydrogen) atoms. The van der Waals surface area contributed by atoms with Crippen LogP contribution in [0.4, 0.5) is 4.39 Å². The lowest BCUT2D eigenvalue weighted by atomic mass is 9.89. The van der Waals surface area contributed by atoms with Gasteiger partial charge >= 0.3 is 0 Å². The number of rotatable bonds is 2. The number of nitriles is 2. The van der Waals surface area contributed by atoms with Gasteiger partial charge in [0.25, 0.3) is 0 Å². The molecule has 0 amide bonds. The molecule has 0 aliphatic rings. The van der Waals surface area contributed by atoms with Crippen molar-refractivity contribution in [2.45, 2.75) is 5.92 Å². The average Bonchev–Trinajstić information content (AvgIpc) is 2.42. The quantitative estimate of drug-likeness (QED) is 0.828. The number of hydrogen-bond donors (Lipinski definition) is 0. The van der Waals surface area contributed by atoms with Gasteiger partial charge in [-0.3, -0.25) is 0 Å². The van der Waals surface area contributed by atoms with Crippen molar-refractivity contribution in [2.24, 2.45) is 0 Å². The minimum absolute atomic E-state index is 0.278. The van der Waals surface area contributed by atoms with Crippen LogP contribution >= 0.6 is 11.6 Å². The van der Waals surface area contributed by atoms with Crippen LogP contribution in [-0.4, -0.2) is 0 Å². The van der Waals surface area contributed by atoms with Gasteiger partial charge in [-0.15, -0.1) is 0 Å². The van der Waals surface area contributed by atoms with Gasteiger partial charge in [0.05, 0.1) is 22.6 Å². The van der Waals surface area contributed by atoms with E-state index in [4.69, 9.17) is 16.9 Å². The standard InChI is InChI=1S/C15H8ClFN2/c16-15-3-1-2-12(14(15)9-19)13(8-18)10-4-6-11(17)7-5-10/h1-7,13H/t13-/m0/s1. The van der Waals surface area contributed by atoms with E-state index >= 15 is 0 Å². The van der Waals surface area contributed by atoms with Crippen molar-refractivity contribution in [3.63, 3.8) is 0 Å². The van der Waals surface area contributed by atoms with Crippen LogP contribution in [0.1, 0.15) is 22.6 Å². The zero-order valence-electron chi connectivity index (χ0n) is 9.77. The van der Waals surface area contributed by atoms with E-state index in [1.54, 1.807) is 18.2 Å². The third-order valence-corrected chi connectivity index (χ3v) is 3.12. The van der Waals surface area contributed by atoms with Crippen LogP contribution in [0.2, 0.25) is 5.02 Å². The average molecular weight is 271 g/mol. The predicted octanol–water partition coefficient (Wildman–Crippen LogP) is 4.01. The molecule has 0 radical (unpaired) electrons. The van der Waals surface area contributed by atoms with Crippen LogP contribution < -0.4 is 0 Å². The Labute approximate surface area is 115 Å². The fraction of sp³-hybridized carbons (Fsp3) is 0.0667. The zero-order valence-corrected chi connectivity index (χ0v) is 10.5. The summed E-state index contributed by atoms with van der Waals surface area (Å²) >= 11 is 5.95. The van der Waals surface area contributed by atoms with Gasteiger partial charge in [0.2, 0.25) is 0 Å². The number of halogens is 2. The molecule has 2 aromatic rings. The van der Waals surface area contributed by atoms with Crippen LogP contribution in [0.15, 0.2) is 42.5 Å². The van der Waals surface area contributed by atoms with E-state index in [9.17, 15) is 9.65 Å². The summed E-state index contributed by atoms with van der Waals surface area (Å²) in [4.78, 5) is 0. The highest BCUT2D eigenvalue weighted by Gasteiger charge is 2.18. The summed E-state index contributed by atoms with van der Waals surface area (Å²) < 4.78 is 12.9. The summed E-state index contributed by atoms with van der Waals surface area (Å²) in [7, 11) is 0. The largest absolute Gasteiger partial charge is 0.207 e. The second-order valence-corrected chi connectivity index (χ2v) is 4.34. The lowest BCUT2D eigenvalue weighted by Gasteiger charge is -2.12. The lowest BCUT2D eigenvalue weighted by molar-refractivity contribution is 0.627. The zero-order chi connectivity index (χ0) is 13.8. The van der Waals surface area contributed by atoms with Crippen molar-refractivity contribution in [3.05, 3.63) is 70.0 Å². The molecule has 1 atom stereocenters. The van der Waals surface area contributed by atoms with E-state index in [0.717, 1.165) is 0 Å². The number of benzene rings is 2. The molecule has 0 heterocycles.